The van der Waals surface area contributed by atoms with E-state index in [0.717, 1.165) is 12.1 Å². The molecule has 1 aliphatic heterocycles. The highest BCUT2D eigenvalue weighted by atomic mass is 32.1. The van der Waals surface area contributed by atoms with Crippen LogP contribution in [0.15, 0.2) is 46.7 Å². The van der Waals surface area contributed by atoms with Crippen LogP contribution in [0.1, 0.15) is 28.9 Å². The summed E-state index contributed by atoms with van der Waals surface area (Å²) in [6.07, 6.45) is 3.06. The zero-order valence-electron chi connectivity index (χ0n) is 13.8. The van der Waals surface area contributed by atoms with Gasteiger partial charge in [0, 0.05) is 36.3 Å². The van der Waals surface area contributed by atoms with E-state index < -0.39 is 5.97 Å². The van der Waals surface area contributed by atoms with Crippen molar-refractivity contribution >= 4 is 33.9 Å². The van der Waals surface area contributed by atoms with Gasteiger partial charge in [0.15, 0.2) is 4.96 Å². The zero-order chi connectivity index (χ0) is 18.1. The van der Waals surface area contributed by atoms with Crippen molar-refractivity contribution in [2.24, 2.45) is 0 Å². The first-order valence-electron chi connectivity index (χ1n) is 8.15. The van der Waals surface area contributed by atoms with Crippen LogP contribution >= 0.6 is 11.3 Å². The van der Waals surface area contributed by atoms with Crippen molar-refractivity contribution < 1.29 is 14.3 Å². The quantitative estimate of drug-likeness (QED) is 0.659. The molecule has 8 heteroatoms. The number of anilines is 1. The summed E-state index contributed by atoms with van der Waals surface area (Å²) in [5.74, 6) is -0.404. The number of thiazole rings is 1. The third-order valence-corrected chi connectivity index (χ3v) is 4.95. The second kappa shape index (κ2) is 6.72. The Kier molecular flexibility index (Phi) is 4.26. The maximum Gasteiger partial charge on any atom is 0.338 e. The summed E-state index contributed by atoms with van der Waals surface area (Å²) in [4.78, 5) is 42.4. The summed E-state index contributed by atoms with van der Waals surface area (Å²) >= 11 is 1.34. The van der Waals surface area contributed by atoms with Crippen molar-refractivity contribution in [3.63, 3.8) is 0 Å². The fourth-order valence-corrected chi connectivity index (χ4v) is 3.62. The molecular formula is C18H15N3O4S. The average molecular weight is 369 g/mol. The van der Waals surface area contributed by atoms with Crippen LogP contribution in [0.5, 0.6) is 0 Å². The Balaban J connectivity index is 1.44. The Morgan fingerprint density at radius 3 is 2.77 bits per heavy atom. The van der Waals surface area contributed by atoms with Crippen molar-refractivity contribution in [3.8, 4) is 0 Å². The Morgan fingerprint density at radius 1 is 1.23 bits per heavy atom. The lowest BCUT2D eigenvalue weighted by atomic mass is 10.2. The van der Waals surface area contributed by atoms with Crippen molar-refractivity contribution in [3.05, 3.63) is 63.5 Å². The number of hydrogen-bond donors (Lipinski definition) is 0. The fraction of sp³-hybridized carbons (Fsp3) is 0.222. The minimum atomic E-state index is -0.502. The van der Waals surface area contributed by atoms with Crippen LogP contribution in [0.4, 0.5) is 5.69 Å². The predicted molar refractivity (Wildman–Crippen MR) is 96.5 cm³/mol. The van der Waals surface area contributed by atoms with Gasteiger partial charge < -0.3 is 9.64 Å². The van der Waals surface area contributed by atoms with E-state index in [1.165, 1.54) is 21.8 Å². The van der Waals surface area contributed by atoms with Crippen LogP contribution in [0.3, 0.4) is 0 Å². The van der Waals surface area contributed by atoms with E-state index in [2.05, 4.69) is 4.98 Å². The number of benzene rings is 1. The first-order chi connectivity index (χ1) is 12.6. The molecule has 26 heavy (non-hydrogen) atoms. The molecule has 0 spiro atoms. The molecule has 1 saturated heterocycles. The van der Waals surface area contributed by atoms with Gasteiger partial charge in [0.2, 0.25) is 5.91 Å². The third-order valence-electron chi connectivity index (χ3n) is 4.20. The fourth-order valence-electron chi connectivity index (χ4n) is 2.88. The molecule has 0 radical (unpaired) electrons. The SMILES string of the molecule is O=C(OCc1cc(=O)n2ccsc2n1)c1ccc(N2CCCC2=O)cc1. The van der Waals surface area contributed by atoms with Crippen molar-refractivity contribution in [1.29, 1.82) is 0 Å². The number of carbonyl (C=O) groups excluding carboxylic acids is 2. The van der Waals surface area contributed by atoms with E-state index in [1.807, 2.05) is 0 Å². The maximum absolute atomic E-state index is 12.2. The molecule has 0 N–H and O–H groups in total. The molecule has 4 rings (SSSR count). The van der Waals surface area contributed by atoms with Crippen molar-refractivity contribution in [2.45, 2.75) is 19.4 Å². The Bertz CT molecular complexity index is 1040. The van der Waals surface area contributed by atoms with Crippen molar-refractivity contribution in [1.82, 2.24) is 9.38 Å². The van der Waals surface area contributed by atoms with Crippen LogP contribution in [-0.4, -0.2) is 27.8 Å². The molecule has 132 valence electrons. The Labute approximate surface area is 152 Å². The Hall–Kier alpha value is -3.00. The predicted octanol–water partition coefficient (Wildman–Crippen LogP) is 2.24. The monoisotopic (exact) mass is 369 g/mol. The van der Waals surface area contributed by atoms with Crippen LogP contribution in [-0.2, 0) is 16.1 Å². The van der Waals surface area contributed by atoms with Gasteiger partial charge in [0.25, 0.3) is 5.56 Å². The normalized spacial score (nSPS) is 14.2. The molecule has 0 saturated carbocycles. The molecular weight excluding hydrogens is 354 g/mol. The summed E-state index contributed by atoms with van der Waals surface area (Å²) in [5.41, 5.74) is 1.36. The smallest absolute Gasteiger partial charge is 0.338 e. The minimum absolute atomic E-state index is 0.0746. The standard InChI is InChI=1S/C18H15N3O4S/c22-15-2-1-7-20(15)14-5-3-12(4-6-14)17(24)25-11-13-10-16(23)21-8-9-26-18(21)19-13/h3-6,8-10H,1-2,7,11H2. The summed E-state index contributed by atoms with van der Waals surface area (Å²) in [5, 5.41) is 1.77. The highest BCUT2D eigenvalue weighted by Crippen LogP contribution is 2.22. The maximum atomic E-state index is 12.2. The zero-order valence-corrected chi connectivity index (χ0v) is 14.6. The van der Waals surface area contributed by atoms with Gasteiger partial charge in [0.1, 0.15) is 6.61 Å². The van der Waals surface area contributed by atoms with Gasteiger partial charge in [-0.1, -0.05) is 0 Å². The summed E-state index contributed by atoms with van der Waals surface area (Å²) in [6.45, 7) is 0.629. The first kappa shape index (κ1) is 16.5. The number of esters is 1. The number of carbonyl (C=O) groups is 2. The van der Waals surface area contributed by atoms with Gasteiger partial charge in [-0.05, 0) is 30.7 Å². The molecule has 1 aliphatic rings. The molecule has 3 heterocycles. The second-order valence-electron chi connectivity index (χ2n) is 5.91. The van der Waals surface area contributed by atoms with Gasteiger partial charge in [-0.3, -0.25) is 14.0 Å². The van der Waals surface area contributed by atoms with Gasteiger partial charge in [0.05, 0.1) is 11.3 Å². The highest BCUT2D eigenvalue weighted by molar-refractivity contribution is 7.15. The average Bonchev–Trinajstić information content (AvgIpc) is 3.29. The van der Waals surface area contributed by atoms with E-state index in [0.29, 0.717) is 29.2 Å². The van der Waals surface area contributed by atoms with E-state index in [9.17, 15) is 14.4 Å². The number of fused-ring (bicyclic) bond motifs is 1. The van der Waals surface area contributed by atoms with Gasteiger partial charge in [-0.2, -0.15) is 0 Å². The second-order valence-corrected chi connectivity index (χ2v) is 6.79. The molecule has 1 aromatic carbocycles. The van der Waals surface area contributed by atoms with Gasteiger partial charge >= 0.3 is 5.97 Å². The molecule has 0 unspecified atom stereocenters. The van der Waals surface area contributed by atoms with Crippen LogP contribution in [0, 0.1) is 0 Å². The number of hydrogen-bond acceptors (Lipinski definition) is 6. The molecule has 2 aromatic heterocycles. The third kappa shape index (κ3) is 3.11. The number of nitrogens with zero attached hydrogens (tertiary/aromatic N) is 3. The van der Waals surface area contributed by atoms with Gasteiger partial charge in [-0.25, -0.2) is 9.78 Å². The summed E-state index contributed by atoms with van der Waals surface area (Å²) in [7, 11) is 0. The lowest BCUT2D eigenvalue weighted by Gasteiger charge is -2.15. The van der Waals surface area contributed by atoms with Crippen LogP contribution in [0.25, 0.3) is 4.96 Å². The lowest BCUT2D eigenvalue weighted by molar-refractivity contribution is -0.117. The Morgan fingerprint density at radius 2 is 2.04 bits per heavy atom. The molecule has 0 atom stereocenters. The van der Waals surface area contributed by atoms with Gasteiger partial charge in [-0.15, -0.1) is 11.3 Å². The number of aromatic nitrogens is 2. The molecule has 3 aromatic rings. The van der Waals surface area contributed by atoms with E-state index in [4.69, 9.17) is 4.74 Å². The number of amides is 1. The molecule has 1 fully saturated rings. The van der Waals surface area contributed by atoms with Crippen LogP contribution < -0.4 is 10.5 Å². The minimum Gasteiger partial charge on any atom is -0.456 e. The first-order valence-corrected chi connectivity index (χ1v) is 9.03. The van der Waals surface area contributed by atoms with E-state index in [-0.39, 0.29) is 18.1 Å². The molecule has 7 nitrogen and oxygen atoms in total. The van der Waals surface area contributed by atoms with Crippen molar-refractivity contribution in [2.75, 3.05) is 11.4 Å². The largest absolute Gasteiger partial charge is 0.456 e. The van der Waals surface area contributed by atoms with E-state index >= 15 is 0 Å². The number of ether oxygens (including phenoxy) is 1. The molecule has 0 aliphatic carbocycles. The molecule has 1 amide bonds. The highest BCUT2D eigenvalue weighted by Gasteiger charge is 2.21. The summed E-state index contributed by atoms with van der Waals surface area (Å²) < 4.78 is 6.69. The number of rotatable bonds is 4. The summed E-state index contributed by atoms with van der Waals surface area (Å²) in [6, 6.07) is 8.10. The molecule has 0 bridgehead atoms. The van der Waals surface area contributed by atoms with E-state index in [1.54, 1.807) is 40.7 Å². The lowest BCUT2D eigenvalue weighted by Crippen LogP contribution is -2.23. The topological polar surface area (TPSA) is 81.0 Å². The van der Waals surface area contributed by atoms with Crippen LogP contribution in [0.2, 0.25) is 0 Å².